The molecular weight excluding hydrogens is 284 g/mol. The molecule has 7 heteroatoms. The lowest BCUT2D eigenvalue weighted by Crippen LogP contribution is -2.30. The lowest BCUT2D eigenvalue weighted by molar-refractivity contribution is -0.120. The maximum Gasteiger partial charge on any atom is 0.417 e. The van der Waals surface area contributed by atoms with Crippen LogP contribution in [0.3, 0.4) is 0 Å². The first-order valence-corrected chi connectivity index (χ1v) is 7.13. The number of aromatic nitrogens is 3. The van der Waals surface area contributed by atoms with Crippen LogP contribution in [-0.4, -0.2) is 20.4 Å². The summed E-state index contributed by atoms with van der Waals surface area (Å²) in [5, 5.41) is 2.90. The second-order valence-electron chi connectivity index (χ2n) is 5.44. The summed E-state index contributed by atoms with van der Waals surface area (Å²) in [4.78, 5) is 30.4. The van der Waals surface area contributed by atoms with E-state index in [1.54, 1.807) is 24.4 Å². The van der Waals surface area contributed by atoms with Gasteiger partial charge in [-0.25, -0.2) is 9.78 Å². The van der Waals surface area contributed by atoms with Crippen molar-refractivity contribution in [2.45, 2.75) is 19.4 Å². The summed E-state index contributed by atoms with van der Waals surface area (Å²) in [6, 6.07) is 5.08. The standard InChI is InChI=1S/C15H14N4O3/c20-14(9-3-5-19-6-4-16-13(19)7-9)17-10-1-2-12-11(8-10)18-15(21)22-12/h1-2,4,6,8-9H,3,5,7H2,(H,17,20)(H,18,21). The number of hydrogen-bond acceptors (Lipinski definition) is 4. The number of H-pyrrole nitrogens is 1. The van der Waals surface area contributed by atoms with Crippen molar-refractivity contribution < 1.29 is 9.21 Å². The zero-order valence-electron chi connectivity index (χ0n) is 11.7. The van der Waals surface area contributed by atoms with Gasteiger partial charge >= 0.3 is 5.76 Å². The molecule has 0 aliphatic carbocycles. The molecule has 1 aliphatic rings. The van der Waals surface area contributed by atoms with E-state index in [0.717, 1.165) is 18.8 Å². The van der Waals surface area contributed by atoms with E-state index < -0.39 is 5.76 Å². The maximum absolute atomic E-state index is 12.4. The fraction of sp³-hybridized carbons (Fsp3) is 0.267. The Hall–Kier alpha value is -2.83. The van der Waals surface area contributed by atoms with Gasteiger partial charge in [-0.15, -0.1) is 0 Å². The van der Waals surface area contributed by atoms with Gasteiger partial charge < -0.3 is 14.3 Å². The molecule has 7 nitrogen and oxygen atoms in total. The van der Waals surface area contributed by atoms with Gasteiger partial charge in [0, 0.05) is 37.0 Å². The Labute approximate surface area is 125 Å². The van der Waals surface area contributed by atoms with Crippen molar-refractivity contribution in [1.29, 1.82) is 0 Å². The van der Waals surface area contributed by atoms with Crippen LogP contribution in [0.25, 0.3) is 11.1 Å². The van der Waals surface area contributed by atoms with E-state index in [1.807, 2.05) is 6.20 Å². The van der Waals surface area contributed by atoms with E-state index in [-0.39, 0.29) is 11.8 Å². The molecule has 0 bridgehead atoms. The molecule has 0 saturated carbocycles. The molecule has 1 atom stereocenters. The van der Waals surface area contributed by atoms with Gasteiger partial charge in [-0.3, -0.25) is 9.78 Å². The zero-order chi connectivity index (χ0) is 15.1. The van der Waals surface area contributed by atoms with E-state index in [0.29, 0.717) is 23.2 Å². The molecule has 1 aromatic carbocycles. The van der Waals surface area contributed by atoms with Crippen LogP contribution in [0, 0.1) is 5.92 Å². The van der Waals surface area contributed by atoms with Crippen molar-refractivity contribution in [1.82, 2.24) is 14.5 Å². The normalized spacial score (nSPS) is 17.4. The van der Waals surface area contributed by atoms with Gasteiger partial charge in [0.25, 0.3) is 0 Å². The van der Waals surface area contributed by atoms with Crippen molar-refractivity contribution in [3.63, 3.8) is 0 Å². The molecule has 3 aromatic rings. The number of hydrogen-bond donors (Lipinski definition) is 2. The number of oxazole rings is 1. The average Bonchev–Trinajstić information content (AvgIpc) is 3.10. The first-order chi connectivity index (χ1) is 10.7. The van der Waals surface area contributed by atoms with Gasteiger partial charge in [-0.1, -0.05) is 0 Å². The van der Waals surface area contributed by atoms with Crippen molar-refractivity contribution >= 4 is 22.7 Å². The first kappa shape index (κ1) is 12.9. The predicted molar refractivity (Wildman–Crippen MR) is 79.5 cm³/mol. The molecule has 1 aliphatic heterocycles. The van der Waals surface area contributed by atoms with Crippen molar-refractivity contribution in [3.8, 4) is 0 Å². The van der Waals surface area contributed by atoms with Gasteiger partial charge in [0.15, 0.2) is 5.58 Å². The fourth-order valence-corrected chi connectivity index (χ4v) is 2.85. The highest BCUT2D eigenvalue weighted by molar-refractivity contribution is 5.94. The summed E-state index contributed by atoms with van der Waals surface area (Å²) in [5.41, 5.74) is 1.69. The minimum atomic E-state index is -0.502. The summed E-state index contributed by atoms with van der Waals surface area (Å²) in [6.07, 6.45) is 5.13. The van der Waals surface area contributed by atoms with Crippen LogP contribution in [0.4, 0.5) is 5.69 Å². The van der Waals surface area contributed by atoms with Crippen LogP contribution in [0.5, 0.6) is 0 Å². The van der Waals surface area contributed by atoms with Gasteiger partial charge in [-0.2, -0.15) is 0 Å². The third kappa shape index (κ3) is 2.20. The Morgan fingerprint density at radius 3 is 3.27 bits per heavy atom. The van der Waals surface area contributed by atoms with Crippen LogP contribution >= 0.6 is 0 Å². The third-order valence-electron chi connectivity index (χ3n) is 4.01. The predicted octanol–water partition coefficient (Wildman–Crippen LogP) is 1.52. The van der Waals surface area contributed by atoms with Gasteiger partial charge in [-0.05, 0) is 24.6 Å². The molecule has 3 heterocycles. The highest BCUT2D eigenvalue weighted by Gasteiger charge is 2.25. The highest BCUT2D eigenvalue weighted by Crippen LogP contribution is 2.22. The van der Waals surface area contributed by atoms with Crippen LogP contribution in [0.15, 0.2) is 39.8 Å². The fourth-order valence-electron chi connectivity index (χ4n) is 2.85. The van der Waals surface area contributed by atoms with Crippen LogP contribution in [0.1, 0.15) is 12.2 Å². The molecule has 22 heavy (non-hydrogen) atoms. The molecule has 0 spiro atoms. The number of carbonyl (C=O) groups is 1. The number of aromatic amines is 1. The third-order valence-corrected chi connectivity index (χ3v) is 4.01. The lowest BCUT2D eigenvalue weighted by Gasteiger charge is -2.22. The Morgan fingerprint density at radius 2 is 2.36 bits per heavy atom. The summed E-state index contributed by atoms with van der Waals surface area (Å²) in [7, 11) is 0. The molecule has 1 unspecified atom stereocenters. The quantitative estimate of drug-likeness (QED) is 0.750. The Bertz CT molecular complexity index is 905. The molecule has 1 amide bonds. The maximum atomic E-state index is 12.4. The molecule has 0 radical (unpaired) electrons. The monoisotopic (exact) mass is 298 g/mol. The van der Waals surface area contributed by atoms with E-state index in [9.17, 15) is 9.59 Å². The van der Waals surface area contributed by atoms with Gasteiger partial charge in [0.05, 0.1) is 5.52 Å². The van der Waals surface area contributed by atoms with E-state index >= 15 is 0 Å². The summed E-state index contributed by atoms with van der Waals surface area (Å²) < 4.78 is 7.01. The lowest BCUT2D eigenvalue weighted by atomic mass is 9.97. The van der Waals surface area contributed by atoms with Gasteiger partial charge in [0.2, 0.25) is 5.91 Å². The number of aryl methyl sites for hydroxylation is 1. The number of fused-ring (bicyclic) bond motifs is 2. The number of anilines is 1. The number of carbonyl (C=O) groups excluding carboxylic acids is 1. The SMILES string of the molecule is O=C(Nc1ccc2oc(=O)[nH]c2c1)C1CCn2ccnc2C1. The smallest absolute Gasteiger partial charge is 0.408 e. The number of rotatable bonds is 2. The van der Waals surface area contributed by atoms with E-state index in [1.165, 1.54) is 0 Å². The molecule has 2 N–H and O–H groups in total. The second-order valence-corrected chi connectivity index (χ2v) is 5.44. The highest BCUT2D eigenvalue weighted by atomic mass is 16.4. The number of nitrogens with zero attached hydrogens (tertiary/aromatic N) is 2. The van der Waals surface area contributed by atoms with Crippen molar-refractivity contribution in [3.05, 3.63) is 47.0 Å². The molecule has 0 fully saturated rings. The number of nitrogens with one attached hydrogen (secondary N) is 2. The molecule has 112 valence electrons. The molecular formula is C15H14N4O3. The molecule has 0 saturated heterocycles. The van der Waals surface area contributed by atoms with Gasteiger partial charge in [0.1, 0.15) is 5.82 Å². The van der Waals surface area contributed by atoms with E-state index in [2.05, 4.69) is 19.9 Å². The van der Waals surface area contributed by atoms with Crippen LogP contribution < -0.4 is 11.1 Å². The average molecular weight is 298 g/mol. The topological polar surface area (TPSA) is 92.9 Å². The Kier molecular flexibility index (Phi) is 2.85. The molecule has 4 rings (SSSR count). The number of benzene rings is 1. The minimum absolute atomic E-state index is 0.0283. The van der Waals surface area contributed by atoms with E-state index in [4.69, 9.17) is 4.42 Å². The molecule has 2 aromatic heterocycles. The number of amides is 1. The van der Waals surface area contributed by atoms with Crippen LogP contribution in [0.2, 0.25) is 0 Å². The summed E-state index contributed by atoms with van der Waals surface area (Å²) in [6.45, 7) is 0.807. The van der Waals surface area contributed by atoms with Crippen molar-refractivity contribution in [2.24, 2.45) is 5.92 Å². The minimum Gasteiger partial charge on any atom is -0.408 e. The van der Waals surface area contributed by atoms with Crippen molar-refractivity contribution in [2.75, 3.05) is 5.32 Å². The Balaban J connectivity index is 1.52. The zero-order valence-corrected chi connectivity index (χ0v) is 11.7. The van der Waals surface area contributed by atoms with Crippen LogP contribution in [-0.2, 0) is 17.8 Å². The largest absolute Gasteiger partial charge is 0.417 e. The number of imidazole rings is 1. The first-order valence-electron chi connectivity index (χ1n) is 7.13. The summed E-state index contributed by atoms with van der Waals surface area (Å²) >= 11 is 0. The second kappa shape index (κ2) is 4.87. The Morgan fingerprint density at radius 1 is 1.45 bits per heavy atom. The summed E-state index contributed by atoms with van der Waals surface area (Å²) in [5.74, 6) is 0.326.